The number of halogens is 3. The van der Waals surface area contributed by atoms with Gasteiger partial charge in [-0.2, -0.15) is 13.2 Å². The number of sulfonamides is 1. The second kappa shape index (κ2) is 10.5. The van der Waals surface area contributed by atoms with Crippen LogP contribution in [0.5, 0.6) is 0 Å². The molecule has 1 aliphatic heterocycles. The molecule has 0 aliphatic carbocycles. The van der Waals surface area contributed by atoms with Gasteiger partial charge >= 0.3 is 18.3 Å². The van der Waals surface area contributed by atoms with Crippen molar-refractivity contribution in [3.8, 4) is 0 Å². The van der Waals surface area contributed by atoms with Crippen molar-refractivity contribution in [1.29, 1.82) is 0 Å². The molecule has 3 rings (SSSR count). The summed E-state index contributed by atoms with van der Waals surface area (Å²) in [6, 6.07) is 9.13. The van der Waals surface area contributed by atoms with Gasteiger partial charge in [0, 0.05) is 26.2 Å². The third-order valence-electron chi connectivity index (χ3n) is 5.48. The second-order valence-electron chi connectivity index (χ2n) is 7.98. The molecule has 2 aromatic carbocycles. The lowest BCUT2D eigenvalue weighted by Crippen LogP contribution is -2.54. The van der Waals surface area contributed by atoms with E-state index in [0.717, 1.165) is 23.8 Å². The molecular weight excluding hydrogens is 487 g/mol. The summed E-state index contributed by atoms with van der Waals surface area (Å²) in [7, 11) is -4.40. The molecule has 1 aliphatic rings. The maximum absolute atomic E-state index is 13.4. The predicted molar refractivity (Wildman–Crippen MR) is 121 cm³/mol. The van der Waals surface area contributed by atoms with Crippen LogP contribution in [0, 0.1) is 6.92 Å². The standard InChI is InChI=1S/C23H26F3N3O5S/c1-3-34-22(31)28-13-11-27(12-14-28)21(30)29(35(32,33)20-9-7-17(2)8-10-20)16-18-5-4-6-19(15-18)23(24,25)26/h4-10,15H,3,11-14,16H2,1-2H3. The Kier molecular flexibility index (Phi) is 7.93. The summed E-state index contributed by atoms with van der Waals surface area (Å²) >= 11 is 0. The van der Waals surface area contributed by atoms with Gasteiger partial charge in [0.2, 0.25) is 0 Å². The topological polar surface area (TPSA) is 87.2 Å². The summed E-state index contributed by atoms with van der Waals surface area (Å²) in [5, 5.41) is 0. The first-order chi connectivity index (χ1) is 16.4. The number of hydrogen-bond acceptors (Lipinski definition) is 5. The number of piperazine rings is 1. The third kappa shape index (κ3) is 6.24. The third-order valence-corrected chi connectivity index (χ3v) is 7.21. The minimum absolute atomic E-state index is 0.00835. The fraction of sp³-hybridized carbons (Fsp3) is 0.391. The number of nitrogens with zero attached hydrogens (tertiary/aromatic N) is 3. The highest BCUT2D eigenvalue weighted by atomic mass is 32.2. The monoisotopic (exact) mass is 513 g/mol. The molecule has 0 atom stereocenters. The largest absolute Gasteiger partial charge is 0.450 e. The Labute approximate surface area is 201 Å². The average molecular weight is 514 g/mol. The van der Waals surface area contributed by atoms with Crippen molar-refractivity contribution in [3.05, 3.63) is 65.2 Å². The van der Waals surface area contributed by atoms with Crippen molar-refractivity contribution >= 4 is 22.1 Å². The number of hydrogen-bond donors (Lipinski definition) is 0. The highest BCUT2D eigenvalue weighted by Crippen LogP contribution is 2.30. The van der Waals surface area contributed by atoms with Gasteiger partial charge in [0.15, 0.2) is 0 Å². The van der Waals surface area contributed by atoms with Crippen LogP contribution in [0.3, 0.4) is 0 Å². The van der Waals surface area contributed by atoms with E-state index in [9.17, 15) is 31.2 Å². The van der Waals surface area contributed by atoms with E-state index < -0.39 is 40.4 Å². The molecule has 0 bridgehead atoms. The zero-order valence-electron chi connectivity index (χ0n) is 19.3. The number of aryl methyl sites for hydroxylation is 1. The first kappa shape index (κ1) is 26.3. The van der Waals surface area contributed by atoms with Crippen LogP contribution in [0.4, 0.5) is 22.8 Å². The van der Waals surface area contributed by atoms with Crippen LogP contribution in [0.25, 0.3) is 0 Å². The van der Waals surface area contributed by atoms with Crippen LogP contribution in [0.1, 0.15) is 23.6 Å². The van der Waals surface area contributed by atoms with Crippen molar-refractivity contribution in [1.82, 2.24) is 14.1 Å². The van der Waals surface area contributed by atoms with E-state index >= 15 is 0 Å². The van der Waals surface area contributed by atoms with Crippen LogP contribution in [0.2, 0.25) is 0 Å². The predicted octanol–water partition coefficient (Wildman–Crippen LogP) is 4.10. The fourth-order valence-electron chi connectivity index (χ4n) is 3.56. The van der Waals surface area contributed by atoms with Crippen LogP contribution < -0.4 is 0 Å². The molecule has 0 radical (unpaired) electrons. The van der Waals surface area contributed by atoms with E-state index in [4.69, 9.17) is 4.74 Å². The molecule has 0 N–H and O–H groups in total. The molecule has 35 heavy (non-hydrogen) atoms. The van der Waals surface area contributed by atoms with Crippen molar-refractivity contribution in [3.63, 3.8) is 0 Å². The smallest absolute Gasteiger partial charge is 0.416 e. The Morgan fingerprint density at radius 3 is 2.17 bits per heavy atom. The molecule has 0 saturated carbocycles. The van der Waals surface area contributed by atoms with Crippen molar-refractivity contribution in [2.24, 2.45) is 0 Å². The summed E-state index contributed by atoms with van der Waals surface area (Å²) in [5.41, 5.74) is -0.137. The highest BCUT2D eigenvalue weighted by molar-refractivity contribution is 7.89. The lowest BCUT2D eigenvalue weighted by atomic mass is 10.1. The number of carbonyl (C=O) groups excluding carboxylic acids is 2. The molecule has 0 unspecified atom stereocenters. The Bertz CT molecular complexity index is 1160. The molecular formula is C23H26F3N3O5S. The van der Waals surface area contributed by atoms with Crippen LogP contribution >= 0.6 is 0 Å². The van der Waals surface area contributed by atoms with Gasteiger partial charge in [-0.1, -0.05) is 29.8 Å². The zero-order valence-corrected chi connectivity index (χ0v) is 20.1. The normalized spacial score (nSPS) is 14.5. The summed E-state index contributed by atoms with van der Waals surface area (Å²) in [4.78, 5) is 27.8. The van der Waals surface area contributed by atoms with E-state index in [0.29, 0.717) is 4.31 Å². The molecule has 12 heteroatoms. The van der Waals surface area contributed by atoms with Crippen LogP contribution in [-0.2, 0) is 27.5 Å². The van der Waals surface area contributed by atoms with E-state index in [-0.39, 0.29) is 43.2 Å². The summed E-state index contributed by atoms with van der Waals surface area (Å²) in [5.74, 6) is 0. The lowest BCUT2D eigenvalue weighted by molar-refractivity contribution is -0.137. The van der Waals surface area contributed by atoms with Gasteiger partial charge < -0.3 is 14.5 Å². The van der Waals surface area contributed by atoms with E-state index in [1.807, 2.05) is 0 Å². The first-order valence-corrected chi connectivity index (χ1v) is 12.3. The Balaban J connectivity index is 1.91. The van der Waals surface area contributed by atoms with Crippen molar-refractivity contribution in [2.75, 3.05) is 32.8 Å². The molecule has 1 saturated heterocycles. The van der Waals surface area contributed by atoms with Crippen LogP contribution in [0.15, 0.2) is 53.4 Å². The summed E-state index contributed by atoms with van der Waals surface area (Å²) in [6.45, 7) is 3.39. The van der Waals surface area contributed by atoms with Gasteiger partial charge in [-0.3, -0.25) is 0 Å². The van der Waals surface area contributed by atoms with E-state index in [2.05, 4.69) is 0 Å². The zero-order chi connectivity index (χ0) is 25.8. The van der Waals surface area contributed by atoms with E-state index in [1.165, 1.54) is 28.0 Å². The molecule has 0 spiro atoms. The number of benzene rings is 2. The minimum Gasteiger partial charge on any atom is -0.450 e. The molecule has 2 aromatic rings. The number of carbonyl (C=O) groups is 2. The average Bonchev–Trinajstić information content (AvgIpc) is 2.82. The summed E-state index contributed by atoms with van der Waals surface area (Å²) < 4.78 is 72.0. The lowest BCUT2D eigenvalue weighted by Gasteiger charge is -2.36. The first-order valence-electron chi connectivity index (χ1n) is 10.9. The second-order valence-corrected chi connectivity index (χ2v) is 9.84. The Morgan fingerprint density at radius 1 is 1.00 bits per heavy atom. The van der Waals surface area contributed by atoms with Gasteiger partial charge in [-0.15, -0.1) is 0 Å². The molecule has 1 fully saturated rings. The Hall–Kier alpha value is -3.28. The number of rotatable bonds is 5. The maximum atomic E-state index is 13.4. The molecule has 1 heterocycles. The van der Waals surface area contributed by atoms with Crippen molar-refractivity contribution < 1.29 is 35.9 Å². The SMILES string of the molecule is CCOC(=O)N1CCN(C(=O)N(Cc2cccc(C(F)(F)F)c2)S(=O)(=O)c2ccc(C)cc2)CC1. The van der Waals surface area contributed by atoms with Gasteiger partial charge in [-0.05, 0) is 43.7 Å². The number of urea groups is 1. The molecule has 0 aromatic heterocycles. The molecule has 3 amide bonds. The van der Waals surface area contributed by atoms with Crippen molar-refractivity contribution in [2.45, 2.75) is 31.5 Å². The van der Waals surface area contributed by atoms with Gasteiger partial charge in [0.1, 0.15) is 0 Å². The van der Waals surface area contributed by atoms with Gasteiger partial charge in [0.05, 0.1) is 23.6 Å². The van der Waals surface area contributed by atoms with Gasteiger partial charge in [-0.25, -0.2) is 22.3 Å². The minimum atomic E-state index is -4.62. The number of amides is 3. The maximum Gasteiger partial charge on any atom is 0.416 e. The van der Waals surface area contributed by atoms with Gasteiger partial charge in [0.25, 0.3) is 10.0 Å². The Morgan fingerprint density at radius 2 is 1.60 bits per heavy atom. The summed E-state index contributed by atoms with van der Waals surface area (Å²) in [6.07, 6.45) is -5.16. The fourth-order valence-corrected chi connectivity index (χ4v) is 4.93. The quantitative estimate of drug-likeness (QED) is 0.601. The number of alkyl halides is 3. The highest BCUT2D eigenvalue weighted by Gasteiger charge is 2.36. The number of ether oxygens (including phenoxy) is 1. The molecule has 8 nitrogen and oxygen atoms in total. The van der Waals surface area contributed by atoms with E-state index in [1.54, 1.807) is 26.0 Å². The van der Waals surface area contributed by atoms with Crippen LogP contribution in [-0.4, -0.2) is 67.4 Å². The molecule has 190 valence electrons.